The number of nitriles is 1. The maximum absolute atomic E-state index is 13.1. The lowest BCUT2D eigenvalue weighted by atomic mass is 10.1. The molecule has 1 saturated heterocycles. The number of aromatic nitrogens is 2. The van der Waals surface area contributed by atoms with E-state index >= 15 is 0 Å². The standard InChI is InChI=1S/C24H24N6O/c1-16-10-17(15-30(16)24(31)20-5-3-2-4-18(20)11-25)14-29-9-8-22-23(29)7-6-21(28-22)19(12-26)13-27/h2-9,12-13,16-17,26H,10,14-15,27H2,1H3/b19-13+,26-12?. The fourth-order valence-corrected chi connectivity index (χ4v) is 4.36. The van der Waals surface area contributed by atoms with E-state index < -0.39 is 0 Å². The molecule has 2 aromatic heterocycles. The number of rotatable bonds is 5. The van der Waals surface area contributed by atoms with Gasteiger partial charge in [0.05, 0.1) is 33.9 Å². The second-order valence-electron chi connectivity index (χ2n) is 7.90. The molecule has 1 amide bonds. The summed E-state index contributed by atoms with van der Waals surface area (Å²) in [5.74, 6) is 0.230. The summed E-state index contributed by atoms with van der Waals surface area (Å²) in [6.45, 7) is 3.49. The number of pyridine rings is 1. The van der Waals surface area contributed by atoms with Crippen LogP contribution in [0.2, 0.25) is 0 Å². The highest BCUT2D eigenvalue weighted by molar-refractivity contribution is 6.07. The van der Waals surface area contributed by atoms with Crippen molar-refractivity contribution in [2.24, 2.45) is 11.7 Å². The van der Waals surface area contributed by atoms with Gasteiger partial charge in [-0.3, -0.25) is 4.79 Å². The van der Waals surface area contributed by atoms with Crippen molar-refractivity contribution >= 4 is 28.7 Å². The topological polar surface area (TPSA) is 112 Å². The van der Waals surface area contributed by atoms with Gasteiger partial charge in [0.15, 0.2) is 0 Å². The average molecular weight is 412 g/mol. The minimum Gasteiger partial charge on any atom is -0.404 e. The van der Waals surface area contributed by atoms with E-state index in [-0.39, 0.29) is 11.9 Å². The highest BCUT2D eigenvalue weighted by Gasteiger charge is 2.33. The first-order valence-electron chi connectivity index (χ1n) is 10.2. The number of nitrogens with two attached hydrogens (primary N) is 1. The lowest BCUT2D eigenvalue weighted by Crippen LogP contribution is -2.34. The lowest BCUT2D eigenvalue weighted by Gasteiger charge is -2.22. The van der Waals surface area contributed by atoms with Crippen LogP contribution in [-0.4, -0.2) is 39.2 Å². The second-order valence-corrected chi connectivity index (χ2v) is 7.90. The van der Waals surface area contributed by atoms with Gasteiger partial charge in [-0.05, 0) is 49.6 Å². The van der Waals surface area contributed by atoms with Crippen molar-refractivity contribution in [1.29, 1.82) is 10.7 Å². The molecule has 31 heavy (non-hydrogen) atoms. The van der Waals surface area contributed by atoms with Crippen molar-refractivity contribution in [3.8, 4) is 6.07 Å². The van der Waals surface area contributed by atoms with Crippen molar-refractivity contribution in [2.45, 2.75) is 25.9 Å². The van der Waals surface area contributed by atoms with Crippen LogP contribution in [-0.2, 0) is 6.54 Å². The number of nitrogens with one attached hydrogen (secondary N) is 1. The van der Waals surface area contributed by atoms with Crippen LogP contribution in [0.4, 0.5) is 0 Å². The molecule has 0 saturated carbocycles. The van der Waals surface area contributed by atoms with Crippen LogP contribution in [0, 0.1) is 22.7 Å². The summed E-state index contributed by atoms with van der Waals surface area (Å²) in [5.41, 5.74) is 9.56. The molecule has 7 nitrogen and oxygen atoms in total. The van der Waals surface area contributed by atoms with Crippen molar-refractivity contribution < 1.29 is 4.79 Å². The molecular weight excluding hydrogens is 388 g/mol. The first-order chi connectivity index (χ1) is 15.0. The SMILES string of the molecule is CC1CC(Cn2ccc3nc(/C(C=N)=C/N)ccc32)CN1C(=O)c1ccccc1C#N. The maximum Gasteiger partial charge on any atom is 0.255 e. The van der Waals surface area contributed by atoms with Crippen LogP contribution in [0.5, 0.6) is 0 Å². The fraction of sp³-hybridized carbons (Fsp3) is 0.250. The zero-order valence-corrected chi connectivity index (χ0v) is 17.3. The Labute approximate surface area is 180 Å². The minimum atomic E-state index is -0.0800. The molecule has 1 aliphatic heterocycles. The maximum atomic E-state index is 13.1. The summed E-state index contributed by atoms with van der Waals surface area (Å²) < 4.78 is 2.16. The zero-order valence-electron chi connectivity index (χ0n) is 17.3. The number of carbonyl (C=O) groups is 1. The van der Waals surface area contributed by atoms with Gasteiger partial charge in [0, 0.05) is 43.3 Å². The molecule has 3 aromatic rings. The Bertz CT molecular complexity index is 1220. The largest absolute Gasteiger partial charge is 0.404 e. The van der Waals surface area contributed by atoms with Crippen LogP contribution in [0.25, 0.3) is 16.6 Å². The first-order valence-corrected chi connectivity index (χ1v) is 10.2. The van der Waals surface area contributed by atoms with Gasteiger partial charge in [0.2, 0.25) is 0 Å². The highest BCUT2D eigenvalue weighted by Crippen LogP contribution is 2.28. The molecule has 0 bridgehead atoms. The molecular formula is C24H24N6O. The Morgan fingerprint density at radius 2 is 2.13 bits per heavy atom. The number of amides is 1. The molecule has 2 unspecified atom stereocenters. The number of likely N-dealkylation sites (tertiary alicyclic amines) is 1. The molecule has 0 radical (unpaired) electrons. The molecule has 4 rings (SSSR count). The lowest BCUT2D eigenvalue weighted by molar-refractivity contribution is 0.0742. The molecule has 3 N–H and O–H groups in total. The monoisotopic (exact) mass is 412 g/mol. The molecule has 156 valence electrons. The number of nitrogens with zero attached hydrogens (tertiary/aromatic N) is 4. The van der Waals surface area contributed by atoms with E-state index in [1.165, 1.54) is 12.4 Å². The summed E-state index contributed by atoms with van der Waals surface area (Å²) in [6.07, 6.45) is 5.49. The van der Waals surface area contributed by atoms with Crippen molar-refractivity contribution in [3.63, 3.8) is 0 Å². The van der Waals surface area contributed by atoms with E-state index in [2.05, 4.69) is 22.5 Å². The quantitative estimate of drug-likeness (QED) is 0.625. The average Bonchev–Trinajstić information content (AvgIpc) is 3.37. The van der Waals surface area contributed by atoms with Gasteiger partial charge in [0.1, 0.15) is 0 Å². The number of hydrogen-bond donors (Lipinski definition) is 2. The van der Waals surface area contributed by atoms with Gasteiger partial charge in [-0.2, -0.15) is 5.26 Å². The number of hydrogen-bond acceptors (Lipinski definition) is 5. The molecule has 3 heterocycles. The van der Waals surface area contributed by atoms with E-state index in [0.29, 0.717) is 34.9 Å². The van der Waals surface area contributed by atoms with Crippen LogP contribution in [0.1, 0.15) is 35.0 Å². The Hall–Kier alpha value is -3.92. The van der Waals surface area contributed by atoms with E-state index in [9.17, 15) is 10.1 Å². The molecule has 7 heteroatoms. The minimum absolute atomic E-state index is 0.0800. The highest BCUT2D eigenvalue weighted by atomic mass is 16.2. The summed E-state index contributed by atoms with van der Waals surface area (Å²) in [4.78, 5) is 19.6. The van der Waals surface area contributed by atoms with Gasteiger partial charge in [-0.1, -0.05) is 12.1 Å². The summed E-state index contributed by atoms with van der Waals surface area (Å²) in [5, 5.41) is 16.8. The normalized spacial score (nSPS) is 18.8. The van der Waals surface area contributed by atoms with Crippen molar-refractivity contribution in [2.75, 3.05) is 6.54 Å². The van der Waals surface area contributed by atoms with Gasteiger partial charge >= 0.3 is 0 Å². The third kappa shape index (κ3) is 3.80. The third-order valence-electron chi connectivity index (χ3n) is 5.91. The number of benzene rings is 1. The van der Waals surface area contributed by atoms with Crippen LogP contribution in [0.3, 0.4) is 0 Å². The van der Waals surface area contributed by atoms with E-state index in [0.717, 1.165) is 24.0 Å². The Kier molecular flexibility index (Phi) is 5.54. The molecule has 1 aromatic carbocycles. The zero-order chi connectivity index (χ0) is 22.0. The predicted molar refractivity (Wildman–Crippen MR) is 120 cm³/mol. The molecule has 2 atom stereocenters. The number of allylic oxidation sites excluding steroid dienone is 1. The fourth-order valence-electron chi connectivity index (χ4n) is 4.36. The van der Waals surface area contributed by atoms with Gasteiger partial charge in [-0.15, -0.1) is 0 Å². The van der Waals surface area contributed by atoms with E-state index in [4.69, 9.17) is 11.1 Å². The number of carbonyl (C=O) groups excluding carboxylic acids is 1. The van der Waals surface area contributed by atoms with Gasteiger partial charge < -0.3 is 20.6 Å². The third-order valence-corrected chi connectivity index (χ3v) is 5.91. The van der Waals surface area contributed by atoms with Crippen molar-refractivity contribution in [1.82, 2.24) is 14.5 Å². The Balaban J connectivity index is 1.52. The van der Waals surface area contributed by atoms with E-state index in [1.54, 1.807) is 24.3 Å². The predicted octanol–water partition coefficient (Wildman–Crippen LogP) is 3.41. The number of fused-ring (bicyclic) bond motifs is 1. The first kappa shape index (κ1) is 20.4. The molecule has 1 aliphatic rings. The summed E-state index contributed by atoms with van der Waals surface area (Å²) >= 11 is 0. The summed E-state index contributed by atoms with van der Waals surface area (Å²) in [7, 11) is 0. The van der Waals surface area contributed by atoms with Crippen molar-refractivity contribution in [3.05, 3.63) is 71.7 Å². The van der Waals surface area contributed by atoms with Crippen LogP contribution < -0.4 is 5.73 Å². The van der Waals surface area contributed by atoms with Crippen LogP contribution >= 0.6 is 0 Å². The second kappa shape index (κ2) is 8.44. The van der Waals surface area contributed by atoms with E-state index in [1.807, 2.05) is 29.3 Å². The Morgan fingerprint density at radius 1 is 1.32 bits per heavy atom. The smallest absolute Gasteiger partial charge is 0.255 e. The van der Waals surface area contributed by atoms with Crippen LogP contribution in [0.15, 0.2) is 54.9 Å². The molecule has 0 spiro atoms. The van der Waals surface area contributed by atoms with Gasteiger partial charge in [-0.25, -0.2) is 4.98 Å². The molecule has 0 aliphatic carbocycles. The van der Waals surface area contributed by atoms with Gasteiger partial charge in [0.25, 0.3) is 5.91 Å². The molecule has 1 fully saturated rings. The summed E-state index contributed by atoms with van der Waals surface area (Å²) in [6, 6.07) is 15.0. The Morgan fingerprint density at radius 3 is 2.87 bits per heavy atom.